The van der Waals surface area contributed by atoms with Gasteiger partial charge in [0.1, 0.15) is 11.6 Å². The van der Waals surface area contributed by atoms with Crippen molar-refractivity contribution in [1.82, 2.24) is 10.2 Å². The molecular formula is C18H34N2O4. The molecule has 0 aliphatic carbocycles. The van der Waals surface area contributed by atoms with E-state index in [4.69, 9.17) is 9.47 Å². The molecule has 1 N–H and O–H groups in total. The van der Waals surface area contributed by atoms with Crippen molar-refractivity contribution in [3.8, 4) is 0 Å². The average Bonchev–Trinajstić information content (AvgIpc) is 2.84. The van der Waals surface area contributed by atoms with E-state index in [9.17, 15) is 9.59 Å². The van der Waals surface area contributed by atoms with Gasteiger partial charge in [-0.1, -0.05) is 27.2 Å². The van der Waals surface area contributed by atoms with Crippen molar-refractivity contribution in [2.75, 3.05) is 19.7 Å². The van der Waals surface area contributed by atoms with E-state index in [0.29, 0.717) is 13.2 Å². The van der Waals surface area contributed by atoms with Crippen LogP contribution < -0.4 is 5.32 Å². The van der Waals surface area contributed by atoms with E-state index in [1.807, 2.05) is 34.6 Å². The summed E-state index contributed by atoms with van der Waals surface area (Å²) in [6, 6.07) is -0.253. The highest BCUT2D eigenvalue weighted by Gasteiger charge is 2.36. The summed E-state index contributed by atoms with van der Waals surface area (Å²) in [6.07, 6.45) is 2.30. The maximum absolute atomic E-state index is 12.4. The van der Waals surface area contributed by atoms with Crippen LogP contribution in [0.1, 0.15) is 60.8 Å². The van der Waals surface area contributed by atoms with Gasteiger partial charge in [0.25, 0.3) is 0 Å². The molecule has 140 valence electrons. The lowest BCUT2D eigenvalue weighted by Crippen LogP contribution is -2.47. The lowest BCUT2D eigenvalue weighted by molar-refractivity contribution is -0.151. The second-order valence-corrected chi connectivity index (χ2v) is 7.84. The van der Waals surface area contributed by atoms with Gasteiger partial charge in [-0.3, -0.25) is 9.69 Å². The number of likely N-dealkylation sites (tertiary alicyclic amines) is 1. The lowest BCUT2D eigenvalue weighted by atomic mass is 10.0. The number of amides is 1. The maximum Gasteiger partial charge on any atom is 0.407 e. The first-order valence-electron chi connectivity index (χ1n) is 9.04. The Morgan fingerprint density at radius 1 is 1.29 bits per heavy atom. The number of alkyl carbamates (subject to hydrolysis) is 1. The number of ether oxygens (including phenoxy) is 2. The van der Waals surface area contributed by atoms with Crippen LogP contribution in [0.5, 0.6) is 0 Å². The summed E-state index contributed by atoms with van der Waals surface area (Å²) in [5, 5.41) is 2.90. The van der Waals surface area contributed by atoms with Gasteiger partial charge in [0, 0.05) is 19.1 Å². The standard InChI is InChI=1S/C18H34N2O4/c1-7-8-11-23-16(21)15(13(2)3)20-10-9-14(12-20)19-17(22)24-18(4,5)6/h13-15H,7-12H2,1-6H3,(H,19,22)/t14-,15-/m0/s1. The van der Waals surface area contributed by atoms with Crippen molar-refractivity contribution < 1.29 is 19.1 Å². The zero-order valence-corrected chi connectivity index (χ0v) is 16.1. The summed E-state index contributed by atoms with van der Waals surface area (Å²) in [5.74, 6) is 0.00997. The predicted octanol–water partition coefficient (Wildman–Crippen LogP) is 2.95. The number of carbonyl (C=O) groups is 2. The highest BCUT2D eigenvalue weighted by atomic mass is 16.6. The first-order chi connectivity index (χ1) is 11.1. The highest BCUT2D eigenvalue weighted by Crippen LogP contribution is 2.20. The van der Waals surface area contributed by atoms with Crippen molar-refractivity contribution in [3.05, 3.63) is 0 Å². The molecule has 1 rings (SSSR count). The molecule has 1 saturated heterocycles. The topological polar surface area (TPSA) is 67.9 Å². The van der Waals surface area contributed by atoms with Gasteiger partial charge in [-0.2, -0.15) is 0 Å². The summed E-state index contributed by atoms with van der Waals surface area (Å²) in [7, 11) is 0. The van der Waals surface area contributed by atoms with E-state index in [1.165, 1.54) is 0 Å². The second kappa shape index (κ2) is 9.25. The molecule has 0 bridgehead atoms. The summed E-state index contributed by atoms with van der Waals surface area (Å²) in [6.45, 7) is 13.5. The molecule has 2 atom stereocenters. The highest BCUT2D eigenvalue weighted by molar-refractivity contribution is 5.76. The van der Waals surface area contributed by atoms with E-state index in [2.05, 4.69) is 17.1 Å². The van der Waals surface area contributed by atoms with Gasteiger partial charge < -0.3 is 14.8 Å². The molecule has 0 aromatic carbocycles. The van der Waals surface area contributed by atoms with Crippen molar-refractivity contribution in [3.63, 3.8) is 0 Å². The van der Waals surface area contributed by atoms with Crippen LogP contribution in [0, 0.1) is 5.92 Å². The Labute approximate surface area is 146 Å². The van der Waals surface area contributed by atoms with Crippen LogP contribution in [0.2, 0.25) is 0 Å². The van der Waals surface area contributed by atoms with Gasteiger partial charge in [0.05, 0.1) is 6.61 Å². The Hall–Kier alpha value is -1.30. The minimum atomic E-state index is -0.508. The van der Waals surface area contributed by atoms with E-state index in [-0.39, 0.29) is 24.0 Å². The van der Waals surface area contributed by atoms with Crippen molar-refractivity contribution >= 4 is 12.1 Å². The molecule has 0 spiro atoms. The number of hydrogen-bond donors (Lipinski definition) is 1. The molecule has 6 heteroatoms. The smallest absolute Gasteiger partial charge is 0.407 e. The third-order valence-corrected chi connectivity index (χ3v) is 3.95. The third-order valence-electron chi connectivity index (χ3n) is 3.95. The lowest BCUT2D eigenvalue weighted by Gasteiger charge is -2.29. The minimum absolute atomic E-state index is 0.00421. The SMILES string of the molecule is CCCCOC(=O)[C@H](C(C)C)N1CC[C@H](NC(=O)OC(C)(C)C)C1. The van der Waals surface area contributed by atoms with Crippen LogP contribution in [0.15, 0.2) is 0 Å². The largest absolute Gasteiger partial charge is 0.465 e. The number of hydrogen-bond acceptors (Lipinski definition) is 5. The van der Waals surface area contributed by atoms with E-state index >= 15 is 0 Å². The Morgan fingerprint density at radius 2 is 1.96 bits per heavy atom. The fourth-order valence-corrected chi connectivity index (χ4v) is 2.88. The molecule has 0 saturated carbocycles. The minimum Gasteiger partial charge on any atom is -0.465 e. The number of unbranched alkanes of at least 4 members (excludes halogenated alkanes) is 1. The van der Waals surface area contributed by atoms with Crippen molar-refractivity contribution in [2.24, 2.45) is 5.92 Å². The zero-order valence-electron chi connectivity index (χ0n) is 16.1. The monoisotopic (exact) mass is 342 g/mol. The molecule has 1 aliphatic rings. The van der Waals surface area contributed by atoms with Gasteiger partial charge >= 0.3 is 12.1 Å². The molecule has 24 heavy (non-hydrogen) atoms. The Morgan fingerprint density at radius 3 is 2.50 bits per heavy atom. The fraction of sp³-hybridized carbons (Fsp3) is 0.889. The second-order valence-electron chi connectivity index (χ2n) is 7.84. The molecule has 0 aromatic heterocycles. The zero-order chi connectivity index (χ0) is 18.3. The molecule has 0 aromatic rings. The van der Waals surface area contributed by atoms with Gasteiger partial charge in [-0.15, -0.1) is 0 Å². The Kier molecular flexibility index (Phi) is 8.00. The molecule has 0 unspecified atom stereocenters. The predicted molar refractivity (Wildman–Crippen MR) is 93.8 cm³/mol. The van der Waals surface area contributed by atoms with E-state index in [0.717, 1.165) is 25.8 Å². The molecule has 1 heterocycles. The summed E-state index contributed by atoms with van der Waals surface area (Å²) >= 11 is 0. The van der Waals surface area contributed by atoms with Crippen molar-refractivity contribution in [1.29, 1.82) is 0 Å². The molecule has 1 fully saturated rings. The quantitative estimate of drug-likeness (QED) is 0.569. The van der Waals surface area contributed by atoms with Crippen LogP contribution in [0.4, 0.5) is 4.79 Å². The van der Waals surface area contributed by atoms with Crippen LogP contribution in [0.3, 0.4) is 0 Å². The van der Waals surface area contributed by atoms with Crippen molar-refractivity contribution in [2.45, 2.75) is 78.5 Å². The Balaban J connectivity index is 2.54. The molecule has 0 radical (unpaired) electrons. The normalized spacial score (nSPS) is 20.0. The van der Waals surface area contributed by atoms with Crippen LogP contribution in [-0.4, -0.2) is 54.3 Å². The molecular weight excluding hydrogens is 308 g/mol. The summed E-state index contributed by atoms with van der Waals surface area (Å²) in [4.78, 5) is 26.4. The molecule has 1 aliphatic heterocycles. The van der Waals surface area contributed by atoms with Gasteiger partial charge in [0.2, 0.25) is 0 Å². The van der Waals surface area contributed by atoms with Gasteiger partial charge in [-0.25, -0.2) is 4.79 Å². The van der Waals surface area contributed by atoms with E-state index < -0.39 is 11.7 Å². The first kappa shape index (κ1) is 20.7. The van der Waals surface area contributed by atoms with Gasteiger partial charge in [0.15, 0.2) is 0 Å². The third kappa shape index (κ3) is 7.07. The number of nitrogens with zero attached hydrogens (tertiary/aromatic N) is 1. The number of esters is 1. The summed E-state index contributed by atoms with van der Waals surface area (Å²) in [5.41, 5.74) is -0.508. The first-order valence-corrected chi connectivity index (χ1v) is 9.04. The average molecular weight is 342 g/mol. The molecule has 1 amide bonds. The number of nitrogens with one attached hydrogen (secondary N) is 1. The molecule has 6 nitrogen and oxygen atoms in total. The maximum atomic E-state index is 12.4. The van der Waals surface area contributed by atoms with Crippen LogP contribution in [-0.2, 0) is 14.3 Å². The van der Waals surface area contributed by atoms with Crippen LogP contribution in [0.25, 0.3) is 0 Å². The van der Waals surface area contributed by atoms with Gasteiger partial charge in [-0.05, 0) is 39.5 Å². The Bertz CT molecular complexity index is 418. The number of carbonyl (C=O) groups excluding carboxylic acids is 2. The number of rotatable bonds is 7. The summed E-state index contributed by atoms with van der Waals surface area (Å²) < 4.78 is 10.7. The van der Waals surface area contributed by atoms with E-state index in [1.54, 1.807) is 0 Å². The fourth-order valence-electron chi connectivity index (χ4n) is 2.88. The van der Waals surface area contributed by atoms with Crippen LogP contribution >= 0.6 is 0 Å².